The number of nitrogens with zero attached hydrogens (tertiary/aromatic N) is 1. The smallest absolute Gasteiger partial charge is 0.226 e. The van der Waals surface area contributed by atoms with Crippen molar-refractivity contribution in [3.05, 3.63) is 49.9 Å². The summed E-state index contributed by atoms with van der Waals surface area (Å²) in [6, 6.07) is 4.85. The van der Waals surface area contributed by atoms with Gasteiger partial charge in [0.2, 0.25) is 5.91 Å². The highest BCUT2D eigenvalue weighted by Gasteiger charge is 2.14. The molecule has 1 aromatic carbocycles. The molecule has 0 saturated carbocycles. The molecule has 2 aromatic rings. The van der Waals surface area contributed by atoms with Gasteiger partial charge in [-0.2, -0.15) is 0 Å². The third-order valence-electron chi connectivity index (χ3n) is 2.82. The van der Waals surface area contributed by atoms with Crippen molar-refractivity contribution in [2.75, 3.05) is 6.54 Å². The van der Waals surface area contributed by atoms with Gasteiger partial charge < -0.3 is 10.4 Å². The molecule has 0 radical (unpaired) electrons. The SMILES string of the molecule is Cc1nc(CC(=O)NCC(O)c2ccc(Cl)cc2Cl)cs1. The fraction of sp³-hybridized carbons (Fsp3) is 0.286. The van der Waals surface area contributed by atoms with Gasteiger partial charge in [0, 0.05) is 27.5 Å². The highest BCUT2D eigenvalue weighted by Crippen LogP contribution is 2.25. The molecule has 1 atom stereocenters. The van der Waals surface area contributed by atoms with Gasteiger partial charge in [0.05, 0.1) is 23.2 Å². The van der Waals surface area contributed by atoms with Crippen molar-refractivity contribution in [2.45, 2.75) is 19.4 Å². The van der Waals surface area contributed by atoms with E-state index < -0.39 is 6.10 Å². The van der Waals surface area contributed by atoms with Crippen LogP contribution in [0.5, 0.6) is 0 Å². The van der Waals surface area contributed by atoms with Crippen LogP contribution in [0.25, 0.3) is 0 Å². The van der Waals surface area contributed by atoms with Gasteiger partial charge in [-0.1, -0.05) is 29.3 Å². The number of aryl methyl sites for hydroxylation is 1. The molecule has 2 N–H and O–H groups in total. The van der Waals surface area contributed by atoms with E-state index in [9.17, 15) is 9.90 Å². The van der Waals surface area contributed by atoms with Gasteiger partial charge in [0.25, 0.3) is 0 Å². The molecule has 2 rings (SSSR count). The number of amides is 1. The fourth-order valence-electron chi connectivity index (χ4n) is 1.81. The predicted octanol–water partition coefficient (Wildman–Crippen LogP) is 3.15. The minimum Gasteiger partial charge on any atom is -0.387 e. The topological polar surface area (TPSA) is 62.2 Å². The molecule has 0 spiro atoms. The number of benzene rings is 1. The Bertz CT molecular complexity index is 646. The zero-order valence-corrected chi connectivity index (χ0v) is 13.6. The lowest BCUT2D eigenvalue weighted by atomic mass is 10.1. The normalized spacial score (nSPS) is 12.2. The Morgan fingerprint density at radius 2 is 2.24 bits per heavy atom. The van der Waals surface area contributed by atoms with Crippen LogP contribution in [0.4, 0.5) is 0 Å². The van der Waals surface area contributed by atoms with Crippen molar-refractivity contribution in [3.8, 4) is 0 Å². The number of carbonyl (C=O) groups is 1. The van der Waals surface area contributed by atoms with E-state index in [1.54, 1.807) is 18.2 Å². The molecule has 0 bridgehead atoms. The summed E-state index contributed by atoms with van der Waals surface area (Å²) in [5, 5.41) is 16.4. The second kappa shape index (κ2) is 7.22. The second-order valence-electron chi connectivity index (χ2n) is 4.52. The van der Waals surface area contributed by atoms with Gasteiger partial charge in [-0.15, -0.1) is 11.3 Å². The van der Waals surface area contributed by atoms with Crippen LogP contribution in [0.2, 0.25) is 10.0 Å². The first-order valence-corrected chi connectivity index (χ1v) is 7.90. The maximum absolute atomic E-state index is 11.8. The van der Waals surface area contributed by atoms with Crippen molar-refractivity contribution >= 4 is 40.4 Å². The molecule has 21 heavy (non-hydrogen) atoms. The Kier molecular flexibility index (Phi) is 5.58. The third kappa shape index (κ3) is 4.68. The van der Waals surface area contributed by atoms with Crippen LogP contribution in [0.3, 0.4) is 0 Å². The second-order valence-corrected chi connectivity index (χ2v) is 6.43. The average Bonchev–Trinajstić information content (AvgIpc) is 2.81. The minimum atomic E-state index is -0.879. The average molecular weight is 345 g/mol. The monoisotopic (exact) mass is 344 g/mol. The summed E-state index contributed by atoms with van der Waals surface area (Å²) in [4.78, 5) is 16.0. The van der Waals surface area contributed by atoms with Crippen LogP contribution >= 0.6 is 34.5 Å². The highest BCUT2D eigenvalue weighted by atomic mass is 35.5. The largest absolute Gasteiger partial charge is 0.387 e. The van der Waals surface area contributed by atoms with E-state index in [0.717, 1.165) is 10.7 Å². The van der Waals surface area contributed by atoms with E-state index in [2.05, 4.69) is 10.3 Å². The number of carbonyl (C=O) groups excluding carboxylic acids is 1. The van der Waals surface area contributed by atoms with Crippen LogP contribution in [0.15, 0.2) is 23.6 Å². The van der Waals surface area contributed by atoms with E-state index in [-0.39, 0.29) is 18.9 Å². The van der Waals surface area contributed by atoms with Gasteiger partial charge in [0.15, 0.2) is 0 Å². The molecular formula is C14H14Cl2N2O2S. The van der Waals surface area contributed by atoms with E-state index >= 15 is 0 Å². The molecule has 1 unspecified atom stereocenters. The fourth-order valence-corrected chi connectivity index (χ4v) is 2.96. The third-order valence-corrected chi connectivity index (χ3v) is 4.21. The highest BCUT2D eigenvalue weighted by molar-refractivity contribution is 7.09. The Labute approximate surface area is 136 Å². The standard InChI is InChI=1S/C14H14Cl2N2O2S/c1-8-18-10(7-21-8)5-14(20)17-6-13(19)11-3-2-9(15)4-12(11)16/h2-4,7,13,19H,5-6H2,1H3,(H,17,20). The Hall–Kier alpha value is -1.14. The van der Waals surface area contributed by atoms with Crippen molar-refractivity contribution in [3.63, 3.8) is 0 Å². The number of aromatic nitrogens is 1. The van der Waals surface area contributed by atoms with Crippen LogP contribution in [0.1, 0.15) is 22.4 Å². The first-order chi connectivity index (χ1) is 9.95. The number of aliphatic hydroxyl groups is 1. The molecule has 7 heteroatoms. The maximum Gasteiger partial charge on any atom is 0.226 e. The van der Waals surface area contributed by atoms with Gasteiger partial charge in [-0.05, 0) is 19.1 Å². The first kappa shape index (κ1) is 16.2. The summed E-state index contributed by atoms with van der Waals surface area (Å²) in [5.41, 5.74) is 1.26. The molecule has 112 valence electrons. The van der Waals surface area contributed by atoms with Crippen molar-refractivity contribution < 1.29 is 9.90 Å². The molecule has 0 aliphatic heterocycles. The lowest BCUT2D eigenvalue weighted by Crippen LogP contribution is -2.29. The molecule has 1 aromatic heterocycles. The molecule has 1 heterocycles. The number of nitrogens with one attached hydrogen (secondary N) is 1. The number of hydrogen-bond acceptors (Lipinski definition) is 4. The number of aliphatic hydroxyl groups excluding tert-OH is 1. The van der Waals surface area contributed by atoms with Gasteiger partial charge in [-0.3, -0.25) is 4.79 Å². The van der Waals surface area contributed by atoms with Gasteiger partial charge in [0.1, 0.15) is 0 Å². The van der Waals surface area contributed by atoms with Crippen LogP contribution in [-0.4, -0.2) is 22.5 Å². The summed E-state index contributed by atoms with van der Waals surface area (Å²) in [6.07, 6.45) is -0.679. The molecule has 0 aliphatic carbocycles. The molecular weight excluding hydrogens is 331 g/mol. The summed E-state index contributed by atoms with van der Waals surface area (Å²) in [5.74, 6) is -0.190. The zero-order chi connectivity index (χ0) is 15.4. The van der Waals surface area contributed by atoms with Gasteiger partial charge >= 0.3 is 0 Å². The lowest BCUT2D eigenvalue weighted by molar-refractivity contribution is -0.120. The molecule has 1 amide bonds. The summed E-state index contributed by atoms with van der Waals surface area (Å²) < 4.78 is 0. The Morgan fingerprint density at radius 1 is 1.48 bits per heavy atom. The molecule has 4 nitrogen and oxygen atoms in total. The predicted molar refractivity (Wildman–Crippen MR) is 85.0 cm³/mol. The van der Waals surface area contributed by atoms with E-state index in [1.165, 1.54) is 11.3 Å². The van der Waals surface area contributed by atoms with Crippen molar-refractivity contribution in [1.29, 1.82) is 0 Å². The van der Waals surface area contributed by atoms with Crippen molar-refractivity contribution in [2.24, 2.45) is 0 Å². The van der Waals surface area contributed by atoms with Crippen LogP contribution in [-0.2, 0) is 11.2 Å². The molecule has 0 aliphatic rings. The quantitative estimate of drug-likeness (QED) is 0.875. The summed E-state index contributed by atoms with van der Waals surface area (Å²) in [7, 11) is 0. The molecule has 0 saturated heterocycles. The van der Waals surface area contributed by atoms with E-state index in [1.807, 2.05) is 12.3 Å². The lowest BCUT2D eigenvalue weighted by Gasteiger charge is -2.13. The number of rotatable bonds is 5. The minimum absolute atomic E-state index is 0.0866. The van der Waals surface area contributed by atoms with Crippen LogP contribution in [0, 0.1) is 6.92 Å². The van der Waals surface area contributed by atoms with E-state index in [0.29, 0.717) is 15.6 Å². The number of halogens is 2. The Morgan fingerprint density at radius 3 is 2.86 bits per heavy atom. The maximum atomic E-state index is 11.8. The molecule has 0 fully saturated rings. The van der Waals surface area contributed by atoms with Gasteiger partial charge in [-0.25, -0.2) is 4.98 Å². The Balaban J connectivity index is 1.88. The summed E-state index contributed by atoms with van der Waals surface area (Å²) >= 11 is 13.3. The number of thiazole rings is 1. The van der Waals surface area contributed by atoms with Crippen LogP contribution < -0.4 is 5.32 Å². The zero-order valence-electron chi connectivity index (χ0n) is 11.3. The number of hydrogen-bond donors (Lipinski definition) is 2. The first-order valence-electron chi connectivity index (χ1n) is 6.26. The van der Waals surface area contributed by atoms with Crippen molar-refractivity contribution in [1.82, 2.24) is 10.3 Å². The summed E-state index contributed by atoms with van der Waals surface area (Å²) in [6.45, 7) is 1.97. The van der Waals surface area contributed by atoms with E-state index in [4.69, 9.17) is 23.2 Å².